The van der Waals surface area contributed by atoms with E-state index >= 15 is 0 Å². The van der Waals surface area contributed by atoms with Gasteiger partial charge in [-0.25, -0.2) is 0 Å². The van der Waals surface area contributed by atoms with Crippen molar-refractivity contribution < 1.29 is 0 Å². The van der Waals surface area contributed by atoms with Gasteiger partial charge in [0, 0.05) is 13.8 Å². The number of nitriles is 1. The van der Waals surface area contributed by atoms with Crippen molar-refractivity contribution in [2.45, 2.75) is 4.90 Å². The lowest BCUT2D eigenvalue weighted by atomic mass is 10.2. The van der Waals surface area contributed by atoms with Crippen LogP contribution in [0.1, 0.15) is 5.56 Å². The van der Waals surface area contributed by atoms with Crippen molar-refractivity contribution in [1.82, 2.24) is 0 Å². The van der Waals surface area contributed by atoms with Gasteiger partial charge in [-0.2, -0.15) is 5.26 Å². The zero-order valence-corrected chi connectivity index (χ0v) is 13.8. The van der Waals surface area contributed by atoms with Crippen LogP contribution in [-0.2, 0) is 0 Å². The molecule has 0 aliphatic rings. The van der Waals surface area contributed by atoms with Crippen molar-refractivity contribution in [2.75, 3.05) is 0 Å². The van der Waals surface area contributed by atoms with E-state index in [0.29, 0.717) is 4.91 Å². The summed E-state index contributed by atoms with van der Waals surface area (Å²) < 4.78 is 2.07. The van der Waals surface area contributed by atoms with E-state index in [1.165, 1.54) is 11.8 Å². The minimum atomic E-state index is 0.671. The molecule has 0 fully saturated rings. The fourth-order valence-corrected chi connectivity index (χ4v) is 2.72. The first-order chi connectivity index (χ1) is 9.17. The third-order valence-electron chi connectivity index (χ3n) is 2.32. The van der Waals surface area contributed by atoms with Crippen molar-refractivity contribution in [3.8, 4) is 6.07 Å². The number of nitrogens with zero attached hydrogens (tertiary/aromatic N) is 1. The molecule has 2 aromatic carbocycles. The highest BCUT2D eigenvalue weighted by molar-refractivity contribution is 9.10. The summed E-state index contributed by atoms with van der Waals surface area (Å²) in [7, 11) is 0. The molecule has 0 bridgehead atoms. The highest BCUT2D eigenvalue weighted by atomic mass is 79.9. The van der Waals surface area contributed by atoms with E-state index in [1.807, 2.05) is 54.6 Å². The second-order valence-corrected chi connectivity index (χ2v) is 6.67. The molecule has 94 valence electrons. The maximum absolute atomic E-state index is 9.20. The normalized spacial score (nSPS) is 11.1. The Morgan fingerprint density at radius 1 is 0.947 bits per heavy atom. The van der Waals surface area contributed by atoms with Crippen LogP contribution >= 0.6 is 43.6 Å². The third-order valence-corrected chi connectivity index (χ3v) is 4.31. The zero-order valence-electron chi connectivity index (χ0n) is 9.81. The monoisotopic (exact) mass is 393 g/mol. The second kappa shape index (κ2) is 6.95. The Morgan fingerprint density at radius 3 is 2.00 bits per heavy atom. The van der Waals surface area contributed by atoms with Crippen LogP contribution in [0, 0.1) is 11.3 Å². The molecular weight excluding hydrogens is 386 g/mol. The molecule has 0 N–H and O–H groups in total. The lowest BCUT2D eigenvalue weighted by molar-refractivity contribution is 1.44. The molecule has 2 rings (SSSR count). The van der Waals surface area contributed by atoms with E-state index < -0.39 is 0 Å². The van der Waals surface area contributed by atoms with Gasteiger partial charge in [0.1, 0.15) is 6.07 Å². The van der Waals surface area contributed by atoms with Crippen LogP contribution in [0.5, 0.6) is 0 Å². The molecule has 0 aliphatic heterocycles. The first-order valence-corrected chi connectivity index (χ1v) is 7.88. The van der Waals surface area contributed by atoms with Gasteiger partial charge in [0.2, 0.25) is 0 Å². The van der Waals surface area contributed by atoms with E-state index in [-0.39, 0.29) is 0 Å². The molecule has 0 aromatic heterocycles. The number of rotatable bonds is 3. The molecule has 0 heterocycles. The minimum absolute atomic E-state index is 0.671. The van der Waals surface area contributed by atoms with Crippen LogP contribution in [0.15, 0.2) is 67.3 Å². The molecule has 0 amide bonds. The fourth-order valence-electron chi connectivity index (χ4n) is 1.42. The van der Waals surface area contributed by atoms with Crippen LogP contribution < -0.4 is 0 Å². The average molecular weight is 395 g/mol. The van der Waals surface area contributed by atoms with Gasteiger partial charge in [0.25, 0.3) is 0 Å². The van der Waals surface area contributed by atoms with Gasteiger partial charge in [0.05, 0.1) is 4.91 Å². The Labute approximate surface area is 133 Å². The largest absolute Gasteiger partial charge is 0.192 e. The van der Waals surface area contributed by atoms with Crippen LogP contribution in [-0.4, -0.2) is 0 Å². The third kappa shape index (κ3) is 4.54. The lowest BCUT2D eigenvalue weighted by Crippen LogP contribution is -1.77. The van der Waals surface area contributed by atoms with Gasteiger partial charge in [-0.05, 0) is 48.0 Å². The number of allylic oxidation sites excluding steroid dienone is 1. The minimum Gasteiger partial charge on any atom is -0.192 e. The van der Waals surface area contributed by atoms with E-state index in [1.54, 1.807) is 0 Å². The van der Waals surface area contributed by atoms with Crippen LogP contribution in [0.4, 0.5) is 0 Å². The van der Waals surface area contributed by atoms with Crippen molar-refractivity contribution >= 4 is 49.7 Å². The summed E-state index contributed by atoms with van der Waals surface area (Å²) in [6.45, 7) is 0. The van der Waals surface area contributed by atoms with Gasteiger partial charge in [-0.3, -0.25) is 0 Å². The molecular formula is C15H9Br2NS. The highest BCUT2D eigenvalue weighted by Crippen LogP contribution is 2.29. The van der Waals surface area contributed by atoms with Crippen LogP contribution in [0.3, 0.4) is 0 Å². The Bertz CT molecular complexity index is 625. The van der Waals surface area contributed by atoms with E-state index in [4.69, 9.17) is 0 Å². The Morgan fingerprint density at radius 2 is 1.47 bits per heavy atom. The molecule has 1 nitrogen and oxygen atoms in total. The maximum Gasteiger partial charge on any atom is 0.106 e. The van der Waals surface area contributed by atoms with Crippen molar-refractivity contribution in [1.29, 1.82) is 5.26 Å². The topological polar surface area (TPSA) is 23.8 Å². The van der Waals surface area contributed by atoms with Crippen LogP contribution in [0.25, 0.3) is 6.08 Å². The molecule has 0 atom stereocenters. The Balaban J connectivity index is 2.18. The van der Waals surface area contributed by atoms with E-state index in [9.17, 15) is 5.26 Å². The molecule has 4 heteroatoms. The molecule has 2 aromatic rings. The summed E-state index contributed by atoms with van der Waals surface area (Å²) in [5, 5.41) is 9.20. The number of halogens is 2. The fraction of sp³-hybridized carbons (Fsp3) is 0. The number of hydrogen-bond acceptors (Lipinski definition) is 2. The molecule has 0 unspecified atom stereocenters. The first-order valence-electron chi connectivity index (χ1n) is 5.48. The predicted molar refractivity (Wildman–Crippen MR) is 87.7 cm³/mol. The van der Waals surface area contributed by atoms with Crippen LogP contribution in [0.2, 0.25) is 0 Å². The van der Waals surface area contributed by atoms with Gasteiger partial charge < -0.3 is 0 Å². The summed E-state index contributed by atoms with van der Waals surface area (Å²) in [4.78, 5) is 1.72. The second-order valence-electron chi connectivity index (χ2n) is 3.73. The van der Waals surface area contributed by atoms with Crippen molar-refractivity contribution in [3.05, 3.63) is 67.9 Å². The smallest absolute Gasteiger partial charge is 0.106 e. The zero-order chi connectivity index (χ0) is 13.7. The van der Waals surface area contributed by atoms with Gasteiger partial charge in [0.15, 0.2) is 0 Å². The van der Waals surface area contributed by atoms with E-state index in [2.05, 4.69) is 37.9 Å². The SMILES string of the molecule is N#C/C(=C/c1ccc(Br)cc1)Sc1ccc(Br)cc1. The molecule has 0 aliphatic carbocycles. The number of hydrogen-bond donors (Lipinski definition) is 0. The highest BCUT2D eigenvalue weighted by Gasteiger charge is 2.01. The van der Waals surface area contributed by atoms with Gasteiger partial charge >= 0.3 is 0 Å². The summed E-state index contributed by atoms with van der Waals surface area (Å²) in [6, 6.07) is 18.0. The maximum atomic E-state index is 9.20. The first kappa shape index (κ1) is 14.4. The molecule has 0 saturated carbocycles. The lowest BCUT2D eigenvalue weighted by Gasteiger charge is -2.00. The number of thioether (sulfide) groups is 1. The summed E-state index contributed by atoms with van der Waals surface area (Å²) >= 11 is 8.25. The van der Waals surface area contributed by atoms with E-state index in [0.717, 1.165) is 19.4 Å². The van der Waals surface area contributed by atoms with Gasteiger partial charge in [-0.1, -0.05) is 55.8 Å². The molecule has 19 heavy (non-hydrogen) atoms. The standard InChI is InChI=1S/C15H9Br2NS/c16-12-3-1-11(2-4-12)9-15(10-18)19-14-7-5-13(17)6-8-14/h1-9H/b15-9-. The predicted octanol–water partition coefficient (Wildman–Crippen LogP) is 5.87. The Hall–Kier alpha value is -1.02. The average Bonchev–Trinajstić information content (AvgIpc) is 2.43. The van der Waals surface area contributed by atoms with Gasteiger partial charge in [-0.15, -0.1) is 0 Å². The summed E-state index contributed by atoms with van der Waals surface area (Å²) in [5.41, 5.74) is 1.02. The number of benzene rings is 2. The molecule has 0 radical (unpaired) electrons. The quantitative estimate of drug-likeness (QED) is 0.480. The molecule has 0 spiro atoms. The Kier molecular flexibility index (Phi) is 5.26. The summed E-state index contributed by atoms with van der Waals surface area (Å²) in [6.07, 6.45) is 1.89. The van der Waals surface area contributed by atoms with Crippen molar-refractivity contribution in [2.24, 2.45) is 0 Å². The molecule has 0 saturated heterocycles. The van der Waals surface area contributed by atoms with Crippen molar-refractivity contribution in [3.63, 3.8) is 0 Å². The summed E-state index contributed by atoms with van der Waals surface area (Å²) in [5.74, 6) is 0.